The first-order valence-electron chi connectivity index (χ1n) is 3.76. The molecule has 0 aliphatic rings. The fourth-order valence-corrected chi connectivity index (χ4v) is 1.01. The van der Waals surface area contributed by atoms with Gasteiger partial charge in [-0.3, -0.25) is 20.8 Å². The quantitative estimate of drug-likeness (QED) is 0.445. The Balaban J connectivity index is 3.45. The summed E-state index contributed by atoms with van der Waals surface area (Å²) in [6, 6.07) is 1.25. The predicted molar refractivity (Wildman–Crippen MR) is 42.3 cm³/mol. The van der Waals surface area contributed by atoms with E-state index in [0.717, 1.165) is 0 Å². The minimum absolute atomic E-state index is 0.487. The zero-order valence-electron chi connectivity index (χ0n) is 7.56. The highest BCUT2D eigenvalue weighted by atomic mass is 16.8. The van der Waals surface area contributed by atoms with Gasteiger partial charge in [0.2, 0.25) is 0 Å². The number of anilines is 2. The molecule has 0 fully saturated rings. The number of carboxylic acid groups (broad SMARTS) is 1. The molecule has 0 unspecified atom stereocenters. The maximum absolute atomic E-state index is 11.3. The van der Waals surface area contributed by atoms with Crippen LogP contribution in [0.3, 0.4) is 0 Å². The van der Waals surface area contributed by atoms with Gasteiger partial charge in [0.15, 0.2) is 0 Å². The number of hydrogen-bond acceptors (Lipinski definition) is 9. The molecule has 16 heavy (non-hydrogen) atoms. The fourth-order valence-electron chi connectivity index (χ4n) is 1.01. The van der Waals surface area contributed by atoms with Crippen LogP contribution < -0.4 is 20.7 Å². The molecular weight excluding hydrogens is 224 g/mol. The van der Waals surface area contributed by atoms with E-state index >= 15 is 0 Å². The Morgan fingerprint density at radius 2 is 1.69 bits per heavy atom. The Morgan fingerprint density at radius 1 is 1.12 bits per heavy atom. The van der Waals surface area contributed by atoms with Crippen LogP contribution in [0.2, 0.25) is 0 Å². The van der Waals surface area contributed by atoms with Gasteiger partial charge < -0.3 is 15.0 Å². The van der Waals surface area contributed by atoms with E-state index in [2.05, 4.69) is 0 Å². The molecular formula is C7H6N2O7-2. The maximum Gasteiger partial charge on any atom is 0.0971 e. The van der Waals surface area contributed by atoms with E-state index in [1.807, 2.05) is 0 Å². The van der Waals surface area contributed by atoms with Crippen molar-refractivity contribution in [2.24, 2.45) is 0 Å². The van der Waals surface area contributed by atoms with Crippen LogP contribution in [-0.4, -0.2) is 26.8 Å². The molecule has 9 nitrogen and oxygen atoms in total. The second-order valence-electron chi connectivity index (χ2n) is 2.71. The normalized spacial score (nSPS) is 10.0. The fraction of sp³-hybridized carbons (Fsp3) is 0. The lowest BCUT2D eigenvalue weighted by Gasteiger charge is -2.23. The van der Waals surface area contributed by atoms with Crippen molar-refractivity contribution < 1.29 is 35.8 Å². The van der Waals surface area contributed by atoms with Crippen LogP contribution in [0.4, 0.5) is 11.4 Å². The van der Waals surface area contributed by atoms with Crippen LogP contribution in [0.5, 0.6) is 5.75 Å². The molecule has 0 spiro atoms. The van der Waals surface area contributed by atoms with Crippen molar-refractivity contribution in [3.8, 4) is 5.75 Å². The van der Waals surface area contributed by atoms with Crippen LogP contribution >= 0.6 is 0 Å². The third-order valence-electron chi connectivity index (χ3n) is 1.72. The lowest BCUT2D eigenvalue weighted by Crippen LogP contribution is -2.26. The molecule has 0 atom stereocenters. The molecule has 0 radical (unpaired) electrons. The predicted octanol–water partition coefficient (Wildman–Crippen LogP) is -1.71. The highest BCUT2D eigenvalue weighted by Gasteiger charge is 2.11. The number of hydrogen-bond donors (Lipinski definition) is 4. The summed E-state index contributed by atoms with van der Waals surface area (Å²) in [6.45, 7) is 0. The van der Waals surface area contributed by atoms with Crippen molar-refractivity contribution in [1.82, 2.24) is 0 Å². The number of carboxylic acids is 1. The Kier molecular flexibility index (Phi) is 3.15. The van der Waals surface area contributed by atoms with Crippen molar-refractivity contribution in [3.63, 3.8) is 0 Å². The Morgan fingerprint density at radius 3 is 2.06 bits per heavy atom. The average Bonchev–Trinajstić information content (AvgIpc) is 2.16. The zero-order chi connectivity index (χ0) is 12.5. The van der Waals surface area contributed by atoms with Gasteiger partial charge in [-0.05, 0) is 17.7 Å². The van der Waals surface area contributed by atoms with E-state index in [0.29, 0.717) is 12.1 Å². The van der Waals surface area contributed by atoms with Crippen LogP contribution in [0, 0.1) is 0 Å². The molecule has 9 heteroatoms. The molecule has 0 aliphatic heterocycles. The summed E-state index contributed by atoms with van der Waals surface area (Å²) in [5.41, 5.74) is -2.37. The first-order valence-corrected chi connectivity index (χ1v) is 3.76. The van der Waals surface area contributed by atoms with E-state index in [1.165, 1.54) is 0 Å². The molecule has 0 amide bonds. The molecule has 0 heterocycles. The molecule has 0 aromatic heterocycles. The summed E-state index contributed by atoms with van der Waals surface area (Å²) in [7, 11) is 0. The highest BCUT2D eigenvalue weighted by molar-refractivity contribution is 5.93. The summed E-state index contributed by atoms with van der Waals surface area (Å²) in [5, 5.41) is 55.1. The molecule has 1 rings (SSSR count). The SMILES string of the molecule is O=C([O-])c1cc(N(O)O)cc(N(O)O)c1[O-]. The van der Waals surface area contributed by atoms with E-state index in [4.69, 9.17) is 20.8 Å². The summed E-state index contributed by atoms with van der Waals surface area (Å²) in [4.78, 5) is 10.5. The molecule has 0 saturated carbocycles. The molecule has 1 aromatic rings. The van der Waals surface area contributed by atoms with Crippen LogP contribution in [0.1, 0.15) is 10.4 Å². The van der Waals surface area contributed by atoms with Gasteiger partial charge in [-0.15, -0.1) is 10.5 Å². The Labute approximate surface area is 88.1 Å². The van der Waals surface area contributed by atoms with E-state index in [-0.39, 0.29) is 0 Å². The molecule has 0 aliphatic carbocycles. The van der Waals surface area contributed by atoms with Gasteiger partial charge in [-0.2, -0.15) is 0 Å². The summed E-state index contributed by atoms with van der Waals surface area (Å²) < 4.78 is 0. The average molecular weight is 230 g/mol. The van der Waals surface area contributed by atoms with E-state index < -0.39 is 39.1 Å². The van der Waals surface area contributed by atoms with E-state index in [1.54, 1.807) is 0 Å². The zero-order valence-corrected chi connectivity index (χ0v) is 7.56. The number of rotatable bonds is 3. The van der Waals surface area contributed by atoms with Gasteiger partial charge in [0.25, 0.3) is 0 Å². The second-order valence-corrected chi connectivity index (χ2v) is 2.71. The number of benzene rings is 1. The third kappa shape index (κ3) is 2.12. The summed E-state index contributed by atoms with van der Waals surface area (Å²) in [5.74, 6) is -3.13. The first kappa shape index (κ1) is 12.0. The lowest BCUT2D eigenvalue weighted by atomic mass is 10.1. The number of nitrogens with zero attached hydrogens (tertiary/aromatic N) is 2. The topological polar surface area (TPSA) is 151 Å². The molecule has 4 N–H and O–H groups in total. The van der Waals surface area contributed by atoms with Gasteiger partial charge in [0.1, 0.15) is 0 Å². The smallest absolute Gasteiger partial charge is 0.0971 e. The van der Waals surface area contributed by atoms with Gasteiger partial charge >= 0.3 is 0 Å². The summed E-state index contributed by atoms with van der Waals surface area (Å²) in [6.07, 6.45) is 0. The standard InChI is InChI=1S/C7H8N2O7/c10-6-4(7(11)12)1-3(8(13)14)2-5(6)9(15)16/h1-2,10,13-16H,(H,11,12)/p-2. The minimum Gasteiger partial charge on any atom is -0.870 e. The third-order valence-corrected chi connectivity index (χ3v) is 1.72. The monoisotopic (exact) mass is 230 g/mol. The first-order chi connectivity index (χ1) is 7.34. The van der Waals surface area contributed by atoms with Crippen LogP contribution in [0.25, 0.3) is 0 Å². The molecule has 0 saturated heterocycles. The minimum atomic E-state index is -1.89. The highest BCUT2D eigenvalue weighted by Crippen LogP contribution is 2.31. The Hall–Kier alpha value is -2.07. The van der Waals surface area contributed by atoms with Crippen LogP contribution in [-0.2, 0) is 0 Å². The van der Waals surface area contributed by atoms with Crippen molar-refractivity contribution in [3.05, 3.63) is 17.7 Å². The number of aromatic carboxylic acids is 1. The van der Waals surface area contributed by atoms with Crippen molar-refractivity contribution in [1.29, 1.82) is 0 Å². The number of carbonyl (C=O) groups is 1. The lowest BCUT2D eigenvalue weighted by molar-refractivity contribution is -0.276. The van der Waals surface area contributed by atoms with E-state index in [9.17, 15) is 15.0 Å². The molecule has 0 bridgehead atoms. The van der Waals surface area contributed by atoms with Crippen molar-refractivity contribution >= 4 is 17.3 Å². The molecule has 88 valence electrons. The van der Waals surface area contributed by atoms with Crippen molar-refractivity contribution in [2.75, 3.05) is 10.5 Å². The molecule has 1 aromatic carbocycles. The van der Waals surface area contributed by atoms with Gasteiger partial charge in [0.05, 0.1) is 17.3 Å². The van der Waals surface area contributed by atoms with Crippen LogP contribution in [0.15, 0.2) is 12.1 Å². The largest absolute Gasteiger partial charge is 0.870 e. The van der Waals surface area contributed by atoms with Crippen molar-refractivity contribution in [2.45, 2.75) is 0 Å². The second kappa shape index (κ2) is 4.20. The number of carbonyl (C=O) groups excluding carboxylic acids is 1. The van der Waals surface area contributed by atoms with Gasteiger partial charge in [0, 0.05) is 0 Å². The van der Waals surface area contributed by atoms with Gasteiger partial charge in [-0.1, -0.05) is 5.75 Å². The van der Waals surface area contributed by atoms with Gasteiger partial charge in [-0.25, -0.2) is 0 Å². The Bertz CT molecular complexity index is 417. The maximum atomic E-state index is 11.3. The summed E-state index contributed by atoms with van der Waals surface area (Å²) >= 11 is 0.